The Hall–Kier alpha value is -2.80. The van der Waals surface area contributed by atoms with Gasteiger partial charge in [-0.2, -0.15) is 5.21 Å². The number of aliphatic hydroxyl groups is 1. The molecule has 2 N–H and O–H groups in total. The summed E-state index contributed by atoms with van der Waals surface area (Å²) >= 11 is 0. The van der Waals surface area contributed by atoms with Gasteiger partial charge in [-0.15, -0.1) is 10.2 Å². The number of aromatic nitrogens is 6. The molecule has 0 aliphatic carbocycles. The van der Waals surface area contributed by atoms with Crippen LogP contribution in [0.5, 0.6) is 0 Å². The largest absolute Gasteiger partial charge is 1.00 e. The molecule has 0 radical (unpaired) electrons. The van der Waals surface area contributed by atoms with Crippen molar-refractivity contribution in [1.29, 1.82) is 0 Å². The Bertz CT molecular complexity index is 1630. The Kier molecular flexibility index (Phi) is 10.4. The van der Waals surface area contributed by atoms with E-state index < -0.39 is 17.9 Å². The summed E-state index contributed by atoms with van der Waals surface area (Å²) in [6.45, 7) is 4.76. The van der Waals surface area contributed by atoms with Crippen LogP contribution >= 0.6 is 0 Å². The predicted octanol–water partition coefficient (Wildman–Crippen LogP) is -2.22. The molecule has 2 aliphatic heterocycles. The molecule has 0 saturated carbocycles. The zero-order valence-corrected chi connectivity index (χ0v) is 28.3. The van der Waals surface area contributed by atoms with Crippen LogP contribution in [0.4, 0.5) is 0 Å². The van der Waals surface area contributed by atoms with Gasteiger partial charge < -0.3 is 22.2 Å². The summed E-state index contributed by atoms with van der Waals surface area (Å²) in [7, 11) is 0. The zero-order valence-electron chi connectivity index (χ0n) is 26.3. The number of tetrazole rings is 1. The Morgan fingerprint density at radius 1 is 1.12 bits per heavy atom. The zero-order chi connectivity index (χ0) is 27.8. The van der Waals surface area contributed by atoms with Crippen molar-refractivity contribution in [3.8, 4) is 22.5 Å². The average molecular weight is 588 g/mol. The van der Waals surface area contributed by atoms with Crippen LogP contribution < -0.4 is 59.1 Å². The maximum absolute atomic E-state index is 13.1. The number of esters is 1. The molecule has 2 aliphatic rings. The van der Waals surface area contributed by atoms with Crippen LogP contribution in [-0.2, 0) is 33.7 Å². The number of aryl methyl sites for hydroxylation is 1. The van der Waals surface area contributed by atoms with Crippen LogP contribution in [0, 0.1) is 0 Å². The molecule has 2 aromatic carbocycles. The fourth-order valence-electron chi connectivity index (χ4n) is 5.61. The van der Waals surface area contributed by atoms with E-state index in [0.717, 1.165) is 52.3 Å². The number of carbonyl (C=O) groups is 2. The molecule has 4 aromatic rings. The second-order valence-electron chi connectivity index (χ2n) is 9.81. The van der Waals surface area contributed by atoms with Crippen molar-refractivity contribution < 1.29 is 81.4 Å². The van der Waals surface area contributed by atoms with Crippen LogP contribution in [0.1, 0.15) is 51.9 Å². The number of nitrogens with one attached hydrogen (secondary N) is 1. The van der Waals surface area contributed by atoms with Gasteiger partial charge in [0.15, 0.2) is 5.57 Å². The fourth-order valence-corrected chi connectivity index (χ4v) is 5.61. The van der Waals surface area contributed by atoms with Gasteiger partial charge in [0.2, 0.25) is 5.82 Å². The number of carbonyl (C=O) groups excluding carboxylic acids is 2. The fraction of sp³-hybridized carbons (Fsp3) is 0.310. The Morgan fingerprint density at radius 3 is 2.52 bits per heavy atom. The Balaban J connectivity index is 0.00000169. The minimum atomic E-state index is -0.794. The summed E-state index contributed by atoms with van der Waals surface area (Å²) in [5, 5.41) is 25.6. The first-order valence-corrected chi connectivity index (χ1v) is 13.4. The molecule has 0 saturated heterocycles. The van der Waals surface area contributed by atoms with E-state index in [0.29, 0.717) is 25.3 Å². The van der Waals surface area contributed by atoms with Crippen molar-refractivity contribution in [1.82, 2.24) is 35.1 Å². The van der Waals surface area contributed by atoms with E-state index in [1.807, 2.05) is 24.3 Å². The van der Waals surface area contributed by atoms with Gasteiger partial charge in [0.25, 0.3) is 5.91 Å². The quantitative estimate of drug-likeness (QED) is 0.134. The molecule has 11 nitrogen and oxygen atoms in total. The standard InChI is InChI=1S/C29H29N7O4.2Na.2H/c1-3-7-22-30-21-14-15-35-25(26(37)23(28(35)38)29(39)40-4-2)24(21)36(22)16-17-10-12-18(13-11-17)19-8-5-6-9-20(19)27-31-33-34-32-27;;;;/h5-6,8-13,25,37H,3-4,7,14-16H2,1-2H3,(H,31,32,33,34);;;;/q;2*+1;2*-1. The van der Waals surface area contributed by atoms with E-state index in [1.165, 1.54) is 0 Å². The maximum Gasteiger partial charge on any atom is 1.00 e. The molecule has 0 fully saturated rings. The van der Waals surface area contributed by atoms with Crippen molar-refractivity contribution in [2.75, 3.05) is 13.2 Å². The number of rotatable bonds is 8. The smallest absolute Gasteiger partial charge is 1.00 e. The van der Waals surface area contributed by atoms with Gasteiger partial charge >= 0.3 is 65.1 Å². The molecular formula is C29H31N7Na2O4. The van der Waals surface area contributed by atoms with Gasteiger partial charge in [-0.05, 0) is 35.2 Å². The van der Waals surface area contributed by atoms with Gasteiger partial charge in [0, 0.05) is 31.5 Å². The summed E-state index contributed by atoms with van der Waals surface area (Å²) in [5.41, 5.74) is 5.24. The van der Waals surface area contributed by atoms with Gasteiger partial charge in [-0.1, -0.05) is 55.5 Å². The second-order valence-corrected chi connectivity index (χ2v) is 9.81. The van der Waals surface area contributed by atoms with Crippen LogP contribution in [0.3, 0.4) is 0 Å². The molecule has 4 heterocycles. The first-order valence-electron chi connectivity index (χ1n) is 13.4. The predicted molar refractivity (Wildman–Crippen MR) is 147 cm³/mol. The topological polar surface area (TPSA) is 139 Å². The third-order valence-corrected chi connectivity index (χ3v) is 7.38. The summed E-state index contributed by atoms with van der Waals surface area (Å²) < 4.78 is 7.16. The van der Waals surface area contributed by atoms with Gasteiger partial charge in [-0.3, -0.25) is 4.79 Å². The van der Waals surface area contributed by atoms with E-state index in [1.54, 1.807) is 11.8 Å². The first-order chi connectivity index (χ1) is 19.5. The monoisotopic (exact) mass is 587 g/mol. The Labute approximate surface area is 290 Å². The molecule has 13 heteroatoms. The summed E-state index contributed by atoms with van der Waals surface area (Å²) in [4.78, 5) is 32.1. The van der Waals surface area contributed by atoms with Crippen molar-refractivity contribution in [3.05, 3.63) is 82.6 Å². The number of aromatic amines is 1. The first kappa shape index (κ1) is 32.1. The number of amides is 1. The van der Waals surface area contributed by atoms with E-state index >= 15 is 0 Å². The van der Waals surface area contributed by atoms with Crippen molar-refractivity contribution >= 4 is 11.9 Å². The molecule has 1 unspecified atom stereocenters. The van der Waals surface area contributed by atoms with Crippen molar-refractivity contribution in [2.24, 2.45) is 0 Å². The van der Waals surface area contributed by atoms with Crippen LogP contribution in [0.15, 0.2) is 59.9 Å². The molecule has 2 aromatic heterocycles. The van der Waals surface area contributed by atoms with Crippen LogP contribution in [0.2, 0.25) is 0 Å². The number of nitrogens with zero attached hydrogens (tertiary/aromatic N) is 6. The number of hydrogen-bond acceptors (Lipinski definition) is 8. The number of hydrogen-bond donors (Lipinski definition) is 2. The van der Waals surface area contributed by atoms with Crippen LogP contribution in [-0.4, -0.2) is 65.2 Å². The molecule has 42 heavy (non-hydrogen) atoms. The number of imidazole rings is 1. The number of fused-ring (bicyclic) bond motifs is 3. The van der Waals surface area contributed by atoms with E-state index in [9.17, 15) is 14.7 Å². The molecule has 0 spiro atoms. The summed E-state index contributed by atoms with van der Waals surface area (Å²) in [5.74, 6) is -0.133. The SMILES string of the molecule is CCCc1nc2c(n1Cc1ccc(-c3ccccc3-c3nn[nH]n3)cc1)C1C(O)=C(C(=O)OCC)C(=O)N1CC2.[H-].[H-].[Na+].[Na+]. The molecule has 1 amide bonds. The molecule has 0 bridgehead atoms. The van der Waals surface area contributed by atoms with Crippen molar-refractivity contribution in [2.45, 2.75) is 45.7 Å². The van der Waals surface area contributed by atoms with Crippen molar-refractivity contribution in [3.63, 3.8) is 0 Å². The molecule has 1 atom stereocenters. The second kappa shape index (κ2) is 13.7. The maximum atomic E-state index is 13.1. The number of ether oxygens (including phenoxy) is 1. The van der Waals surface area contributed by atoms with E-state index in [-0.39, 0.29) is 79.9 Å². The van der Waals surface area contributed by atoms with Gasteiger partial charge in [0.05, 0.1) is 18.0 Å². The third kappa shape index (κ3) is 5.73. The van der Waals surface area contributed by atoms with Crippen LogP contribution in [0.25, 0.3) is 22.5 Å². The average Bonchev–Trinajstić information content (AvgIpc) is 3.67. The van der Waals surface area contributed by atoms with Gasteiger partial charge in [-0.25, -0.2) is 9.78 Å². The normalized spacial score (nSPS) is 15.5. The Morgan fingerprint density at radius 2 is 1.86 bits per heavy atom. The minimum absolute atomic E-state index is 0. The summed E-state index contributed by atoms with van der Waals surface area (Å²) in [6, 6.07) is 15.4. The van der Waals surface area contributed by atoms with E-state index in [2.05, 4.69) is 56.4 Å². The molecule has 208 valence electrons. The number of aliphatic hydroxyl groups excluding tert-OH is 1. The molecule has 6 rings (SSSR count). The summed E-state index contributed by atoms with van der Waals surface area (Å²) in [6.07, 6.45) is 2.19. The van der Waals surface area contributed by atoms with Gasteiger partial charge in [0.1, 0.15) is 17.6 Å². The number of H-pyrrole nitrogens is 1. The molecular weight excluding hydrogens is 556 g/mol. The van der Waals surface area contributed by atoms with E-state index in [4.69, 9.17) is 9.72 Å². The minimum Gasteiger partial charge on any atom is -1.00 e. The number of benzene rings is 2. The third-order valence-electron chi connectivity index (χ3n) is 7.38.